The Labute approximate surface area is 70.7 Å². The van der Waals surface area contributed by atoms with Crippen LogP contribution in [-0.4, -0.2) is 30.7 Å². The Hall–Kier alpha value is -1.14. The summed E-state index contributed by atoms with van der Waals surface area (Å²) in [6.45, 7) is 0.797. The number of carbonyl (C=O) groups is 2. The summed E-state index contributed by atoms with van der Waals surface area (Å²) >= 11 is 0. The molecule has 0 N–H and O–H groups in total. The van der Waals surface area contributed by atoms with E-state index in [1.54, 1.807) is 0 Å². The highest BCUT2D eigenvalue weighted by atomic mass is 19.3. The summed E-state index contributed by atoms with van der Waals surface area (Å²) in [6, 6.07) is 0. The topological polar surface area (TPSA) is 43.4 Å². The van der Waals surface area contributed by atoms with Gasteiger partial charge in [0.2, 0.25) is 0 Å². The van der Waals surface area contributed by atoms with Gasteiger partial charge in [0.05, 0.1) is 6.61 Å². The van der Waals surface area contributed by atoms with E-state index in [0.717, 1.165) is 0 Å². The van der Waals surface area contributed by atoms with Crippen molar-refractivity contribution in [3.63, 3.8) is 0 Å². The van der Waals surface area contributed by atoms with Gasteiger partial charge in [-0.3, -0.25) is 4.79 Å². The molecule has 0 rings (SSSR count). The molecule has 0 radical (unpaired) electrons. The Kier molecular flexibility index (Phi) is 3.83. The van der Waals surface area contributed by atoms with Crippen molar-refractivity contribution in [1.29, 1.82) is 0 Å². The number of hydrogen-bond acceptors (Lipinski definition) is 3. The minimum atomic E-state index is -4.76. The van der Waals surface area contributed by atoms with Crippen LogP contribution in [0.4, 0.5) is 17.6 Å². The lowest BCUT2D eigenvalue weighted by Gasteiger charge is -2.11. The first-order valence-corrected chi connectivity index (χ1v) is 3.21. The molecule has 0 aliphatic rings. The highest BCUT2D eigenvalue weighted by Gasteiger charge is 2.52. The monoisotopic (exact) mass is 202 g/mol. The van der Waals surface area contributed by atoms with Crippen molar-refractivity contribution in [1.82, 2.24) is 0 Å². The normalized spacial score (nSPS) is 11.5. The van der Waals surface area contributed by atoms with E-state index in [4.69, 9.17) is 0 Å². The lowest BCUT2D eigenvalue weighted by atomic mass is 10.2. The van der Waals surface area contributed by atoms with Crippen molar-refractivity contribution in [3.05, 3.63) is 0 Å². The summed E-state index contributed by atoms with van der Waals surface area (Å²) in [5.74, 6) is -9.75. The molecule has 0 saturated heterocycles. The molecule has 0 spiro atoms. The van der Waals surface area contributed by atoms with Crippen molar-refractivity contribution in [3.8, 4) is 0 Å². The maximum absolute atomic E-state index is 12.3. The average molecular weight is 202 g/mol. The molecule has 0 amide bonds. The Bertz CT molecular complexity index is 214. The minimum Gasteiger partial charge on any atom is -0.461 e. The molecule has 0 unspecified atom stereocenters. The van der Waals surface area contributed by atoms with E-state index in [1.807, 2.05) is 0 Å². The van der Waals surface area contributed by atoms with Crippen LogP contribution in [-0.2, 0) is 14.3 Å². The van der Waals surface area contributed by atoms with E-state index in [0.29, 0.717) is 0 Å². The maximum Gasteiger partial charge on any atom is 0.405 e. The fraction of sp³-hybridized carbons (Fsp3) is 0.667. The predicted molar refractivity (Wildman–Crippen MR) is 32.6 cm³/mol. The number of Topliss-reactive ketones (excluding diaryl/α,β-unsaturated/α-hetero) is 1. The highest BCUT2D eigenvalue weighted by Crippen LogP contribution is 2.20. The maximum atomic E-state index is 12.3. The SMILES string of the molecule is CCOC(=O)C(F)(F)C(=O)C(F)F. The van der Waals surface area contributed by atoms with Gasteiger partial charge in [0.25, 0.3) is 5.78 Å². The average Bonchev–Trinajstić information content (AvgIpc) is 2.03. The van der Waals surface area contributed by atoms with E-state index in [-0.39, 0.29) is 0 Å². The Morgan fingerprint density at radius 1 is 1.38 bits per heavy atom. The molecule has 7 heteroatoms. The first-order chi connectivity index (χ1) is 5.84. The lowest BCUT2D eigenvalue weighted by Crippen LogP contribution is -2.42. The number of alkyl halides is 4. The van der Waals surface area contributed by atoms with Gasteiger partial charge in [-0.25, -0.2) is 13.6 Å². The number of rotatable bonds is 4. The number of halogens is 4. The third-order valence-electron chi connectivity index (χ3n) is 1.04. The van der Waals surface area contributed by atoms with Gasteiger partial charge in [0.15, 0.2) is 0 Å². The molecule has 3 nitrogen and oxygen atoms in total. The molecule has 0 bridgehead atoms. The molecule has 0 aromatic rings. The third kappa shape index (κ3) is 2.67. The molecular weight excluding hydrogens is 196 g/mol. The summed E-state index contributed by atoms with van der Waals surface area (Å²) < 4.78 is 51.4. The van der Waals surface area contributed by atoms with Gasteiger partial charge in [-0.05, 0) is 6.92 Å². The molecular formula is C6H6F4O3. The van der Waals surface area contributed by atoms with Crippen molar-refractivity contribution in [2.45, 2.75) is 19.3 Å². The van der Waals surface area contributed by atoms with Crippen LogP contribution in [0.1, 0.15) is 6.92 Å². The largest absolute Gasteiger partial charge is 0.461 e. The van der Waals surface area contributed by atoms with Gasteiger partial charge in [0, 0.05) is 0 Å². The predicted octanol–water partition coefficient (Wildman–Crippen LogP) is 1.02. The van der Waals surface area contributed by atoms with E-state index >= 15 is 0 Å². The number of ketones is 1. The zero-order valence-corrected chi connectivity index (χ0v) is 6.52. The molecule has 0 fully saturated rings. The van der Waals surface area contributed by atoms with Crippen LogP contribution in [0.5, 0.6) is 0 Å². The minimum absolute atomic E-state index is 0.412. The molecule has 13 heavy (non-hydrogen) atoms. The highest BCUT2D eigenvalue weighted by molar-refractivity contribution is 6.06. The molecule has 0 aliphatic carbocycles. The van der Waals surface area contributed by atoms with E-state index in [9.17, 15) is 27.2 Å². The molecule has 0 aromatic heterocycles. The van der Waals surface area contributed by atoms with E-state index in [2.05, 4.69) is 4.74 Å². The number of ether oxygens (including phenoxy) is 1. The van der Waals surface area contributed by atoms with Crippen LogP contribution in [0.3, 0.4) is 0 Å². The number of esters is 1. The van der Waals surface area contributed by atoms with Crippen molar-refractivity contribution < 1.29 is 31.9 Å². The van der Waals surface area contributed by atoms with Crippen LogP contribution in [0.25, 0.3) is 0 Å². The summed E-state index contributed by atoms with van der Waals surface area (Å²) in [5, 5.41) is 0. The summed E-state index contributed by atoms with van der Waals surface area (Å²) in [4.78, 5) is 20.4. The Balaban J connectivity index is 4.55. The van der Waals surface area contributed by atoms with Gasteiger partial charge < -0.3 is 4.74 Å². The van der Waals surface area contributed by atoms with Gasteiger partial charge >= 0.3 is 18.3 Å². The van der Waals surface area contributed by atoms with Crippen molar-refractivity contribution in [2.75, 3.05) is 6.61 Å². The van der Waals surface area contributed by atoms with Crippen LogP contribution < -0.4 is 0 Å². The summed E-state index contributed by atoms with van der Waals surface area (Å²) in [7, 11) is 0. The third-order valence-corrected chi connectivity index (χ3v) is 1.04. The second kappa shape index (κ2) is 4.20. The molecule has 76 valence electrons. The standard InChI is InChI=1S/C6H6F4O3/c1-2-13-5(12)6(9,10)3(11)4(7)8/h4H,2H2,1H3. The first kappa shape index (κ1) is 11.9. The molecule has 0 saturated carbocycles. The van der Waals surface area contributed by atoms with Gasteiger partial charge in [0.1, 0.15) is 0 Å². The first-order valence-electron chi connectivity index (χ1n) is 3.21. The molecule has 0 aliphatic heterocycles. The van der Waals surface area contributed by atoms with Crippen molar-refractivity contribution in [2.24, 2.45) is 0 Å². The number of carbonyl (C=O) groups excluding carboxylic acids is 2. The fourth-order valence-electron chi connectivity index (χ4n) is 0.459. The van der Waals surface area contributed by atoms with Crippen LogP contribution in [0, 0.1) is 0 Å². The lowest BCUT2D eigenvalue weighted by molar-refractivity contribution is -0.181. The van der Waals surface area contributed by atoms with Gasteiger partial charge in [-0.15, -0.1) is 0 Å². The second-order valence-electron chi connectivity index (χ2n) is 1.96. The molecule has 0 heterocycles. The Morgan fingerprint density at radius 2 is 1.85 bits per heavy atom. The van der Waals surface area contributed by atoms with Crippen LogP contribution in [0.2, 0.25) is 0 Å². The summed E-state index contributed by atoms with van der Waals surface area (Å²) in [5.41, 5.74) is 0. The van der Waals surface area contributed by atoms with E-state index < -0.39 is 30.7 Å². The quantitative estimate of drug-likeness (QED) is 0.388. The smallest absolute Gasteiger partial charge is 0.405 e. The zero-order valence-electron chi connectivity index (χ0n) is 6.52. The van der Waals surface area contributed by atoms with Crippen LogP contribution >= 0.6 is 0 Å². The number of hydrogen-bond donors (Lipinski definition) is 0. The van der Waals surface area contributed by atoms with E-state index in [1.165, 1.54) is 6.92 Å². The molecule has 0 aromatic carbocycles. The van der Waals surface area contributed by atoms with Crippen LogP contribution in [0.15, 0.2) is 0 Å². The fourth-order valence-corrected chi connectivity index (χ4v) is 0.459. The molecule has 0 atom stereocenters. The summed E-state index contributed by atoms with van der Waals surface area (Å²) in [6.07, 6.45) is -3.89. The second-order valence-corrected chi connectivity index (χ2v) is 1.96. The van der Waals surface area contributed by atoms with Gasteiger partial charge in [-0.2, -0.15) is 8.78 Å². The van der Waals surface area contributed by atoms with Crippen molar-refractivity contribution >= 4 is 11.8 Å². The van der Waals surface area contributed by atoms with Gasteiger partial charge in [-0.1, -0.05) is 0 Å². The zero-order chi connectivity index (χ0) is 10.6. The Morgan fingerprint density at radius 3 is 2.15 bits per heavy atom.